The van der Waals surface area contributed by atoms with E-state index in [1.807, 2.05) is 4.90 Å². The fourth-order valence-electron chi connectivity index (χ4n) is 4.93. The van der Waals surface area contributed by atoms with Crippen molar-refractivity contribution in [3.8, 4) is 11.4 Å². The van der Waals surface area contributed by atoms with Gasteiger partial charge in [-0.15, -0.1) is 10.2 Å². The molecule has 0 radical (unpaired) electrons. The predicted octanol–water partition coefficient (Wildman–Crippen LogP) is 4.15. The van der Waals surface area contributed by atoms with Crippen LogP contribution < -0.4 is 5.32 Å². The number of benzene rings is 1. The van der Waals surface area contributed by atoms with Gasteiger partial charge in [0.1, 0.15) is 11.9 Å². The highest BCUT2D eigenvalue weighted by Gasteiger charge is 2.60. The van der Waals surface area contributed by atoms with E-state index in [1.54, 1.807) is 43.2 Å². The lowest BCUT2D eigenvalue weighted by atomic mass is 9.75. The summed E-state index contributed by atoms with van der Waals surface area (Å²) in [6.45, 7) is 3.99. The van der Waals surface area contributed by atoms with Crippen molar-refractivity contribution in [2.24, 2.45) is 13.0 Å². The number of urea groups is 1. The minimum absolute atomic E-state index is 0.154. The van der Waals surface area contributed by atoms with Crippen LogP contribution in [0.2, 0.25) is 5.02 Å². The van der Waals surface area contributed by atoms with Gasteiger partial charge in [0, 0.05) is 37.7 Å². The molecule has 1 aliphatic heterocycles. The third-order valence-corrected chi connectivity index (χ3v) is 6.61. The minimum Gasteiger partial charge on any atom is -0.423 e. The maximum Gasteiger partial charge on any atom is 0.322 e. The largest absolute Gasteiger partial charge is 0.423 e. The Bertz CT molecular complexity index is 1140. The van der Waals surface area contributed by atoms with Gasteiger partial charge in [-0.3, -0.25) is 4.68 Å². The monoisotopic (exact) mass is 441 g/mol. The van der Waals surface area contributed by atoms with E-state index < -0.39 is 5.54 Å². The number of amides is 2. The Labute approximate surface area is 184 Å². The highest BCUT2D eigenvalue weighted by atomic mass is 35.5. The van der Waals surface area contributed by atoms with Crippen molar-refractivity contribution in [3.63, 3.8) is 0 Å². The number of aryl methyl sites for hydroxylation is 2. The molecular weight excluding hydrogens is 418 g/mol. The quantitative estimate of drug-likeness (QED) is 0.655. The first-order valence-electron chi connectivity index (χ1n) is 10.4. The Hall–Kier alpha value is -2.94. The molecule has 162 valence electrons. The number of aromatic nitrogens is 5. The van der Waals surface area contributed by atoms with Gasteiger partial charge in [-0.25, -0.2) is 9.78 Å². The Morgan fingerprint density at radius 3 is 2.84 bits per heavy atom. The lowest BCUT2D eigenvalue weighted by Gasteiger charge is -2.55. The van der Waals surface area contributed by atoms with Crippen LogP contribution in [0.5, 0.6) is 0 Å². The molecule has 0 spiro atoms. The van der Waals surface area contributed by atoms with Gasteiger partial charge in [-0.05, 0) is 43.4 Å². The number of hydrogen-bond donors (Lipinski definition) is 1. The first kappa shape index (κ1) is 20.0. The van der Waals surface area contributed by atoms with Crippen molar-refractivity contribution in [2.45, 2.75) is 51.1 Å². The fourth-order valence-corrected chi connectivity index (χ4v) is 5.13. The van der Waals surface area contributed by atoms with Gasteiger partial charge in [0.25, 0.3) is 0 Å². The Morgan fingerprint density at radius 1 is 1.29 bits per heavy atom. The number of nitrogens with one attached hydrogen (secondary N) is 1. The molecular formula is C21H24ClN7O2. The fraction of sp³-hybridized carbons (Fsp3) is 0.476. The molecule has 9 nitrogen and oxygen atoms in total. The van der Waals surface area contributed by atoms with Gasteiger partial charge in [0.15, 0.2) is 5.82 Å². The van der Waals surface area contributed by atoms with Crippen molar-refractivity contribution in [2.75, 3.05) is 5.32 Å². The van der Waals surface area contributed by atoms with Gasteiger partial charge in [0.2, 0.25) is 11.8 Å². The summed E-state index contributed by atoms with van der Waals surface area (Å²) in [6.07, 6.45) is 5.30. The zero-order chi connectivity index (χ0) is 21.8. The predicted molar refractivity (Wildman–Crippen MR) is 114 cm³/mol. The summed E-state index contributed by atoms with van der Waals surface area (Å²) in [5.74, 6) is 2.01. The molecule has 0 unspecified atom stereocenters. The van der Waals surface area contributed by atoms with Crippen molar-refractivity contribution in [1.82, 2.24) is 29.9 Å². The summed E-state index contributed by atoms with van der Waals surface area (Å²) in [4.78, 5) is 19.6. The number of anilines is 1. The number of halogens is 1. The van der Waals surface area contributed by atoms with Gasteiger partial charge in [0.05, 0.1) is 5.02 Å². The van der Waals surface area contributed by atoms with E-state index in [2.05, 4.69) is 32.5 Å². The third-order valence-electron chi connectivity index (χ3n) is 6.28. The van der Waals surface area contributed by atoms with Crippen LogP contribution in [0.3, 0.4) is 0 Å². The van der Waals surface area contributed by atoms with E-state index in [0.717, 1.165) is 25.7 Å². The van der Waals surface area contributed by atoms with Crippen LogP contribution in [0.4, 0.5) is 10.5 Å². The van der Waals surface area contributed by atoms with Gasteiger partial charge >= 0.3 is 6.03 Å². The normalized spacial score (nSPS) is 25.1. The summed E-state index contributed by atoms with van der Waals surface area (Å²) < 4.78 is 7.42. The Balaban J connectivity index is 1.44. The zero-order valence-corrected chi connectivity index (χ0v) is 18.4. The smallest absolute Gasteiger partial charge is 0.322 e. The van der Waals surface area contributed by atoms with Gasteiger partial charge in [-0.2, -0.15) is 5.10 Å². The SMILES string of the molecule is Cc1nnc([C@@]23C[C@H](C)CC[C@@H](C2)N3C(=O)Nc2ccc(Cl)c(-c3ncn(C)n3)c2)o1. The number of hydrogen-bond acceptors (Lipinski definition) is 6. The first-order chi connectivity index (χ1) is 14.9. The second-order valence-corrected chi connectivity index (χ2v) is 9.05. The van der Waals surface area contributed by atoms with E-state index in [9.17, 15) is 4.79 Å². The molecule has 2 fully saturated rings. The lowest BCUT2D eigenvalue weighted by Crippen LogP contribution is -2.66. The van der Waals surface area contributed by atoms with E-state index in [-0.39, 0.29) is 12.1 Å². The summed E-state index contributed by atoms with van der Waals surface area (Å²) in [6, 6.07) is 5.29. The Morgan fingerprint density at radius 2 is 2.13 bits per heavy atom. The average molecular weight is 442 g/mol. The average Bonchev–Trinajstić information content (AvgIpc) is 3.25. The van der Waals surface area contributed by atoms with E-state index in [0.29, 0.717) is 39.8 Å². The summed E-state index contributed by atoms with van der Waals surface area (Å²) in [5.41, 5.74) is 0.742. The third kappa shape index (κ3) is 3.37. The first-order valence-corrected chi connectivity index (χ1v) is 10.8. The Kier molecular flexibility index (Phi) is 4.73. The van der Waals surface area contributed by atoms with Crippen LogP contribution in [0.15, 0.2) is 28.9 Å². The highest BCUT2D eigenvalue weighted by molar-refractivity contribution is 6.33. The van der Waals surface area contributed by atoms with Crippen LogP contribution in [-0.4, -0.2) is 41.9 Å². The van der Waals surface area contributed by atoms with Crippen molar-refractivity contribution >= 4 is 23.3 Å². The van der Waals surface area contributed by atoms with Crippen LogP contribution in [0.1, 0.15) is 44.4 Å². The van der Waals surface area contributed by atoms with E-state index >= 15 is 0 Å². The summed E-state index contributed by atoms with van der Waals surface area (Å²) in [7, 11) is 1.79. The van der Waals surface area contributed by atoms with Gasteiger partial charge < -0.3 is 14.6 Å². The van der Waals surface area contributed by atoms with Crippen LogP contribution in [0.25, 0.3) is 11.4 Å². The van der Waals surface area contributed by atoms with Crippen LogP contribution in [-0.2, 0) is 12.6 Å². The molecule has 3 heterocycles. The molecule has 2 amide bonds. The number of fused-ring (bicyclic) bond motifs is 2. The topological polar surface area (TPSA) is 102 Å². The van der Waals surface area contributed by atoms with Crippen LogP contribution >= 0.6 is 11.6 Å². The molecule has 2 bridgehead atoms. The highest BCUT2D eigenvalue weighted by Crippen LogP contribution is 2.53. The number of carbonyl (C=O) groups excluding carboxylic acids is 1. The summed E-state index contributed by atoms with van der Waals surface area (Å²) >= 11 is 6.36. The molecule has 31 heavy (non-hydrogen) atoms. The number of carbonyl (C=O) groups is 1. The second-order valence-electron chi connectivity index (χ2n) is 8.64. The number of rotatable bonds is 3. The molecule has 1 aromatic carbocycles. The second kappa shape index (κ2) is 7.33. The van der Waals surface area contributed by atoms with E-state index in [1.165, 1.54) is 0 Å². The summed E-state index contributed by atoms with van der Waals surface area (Å²) in [5, 5.41) is 16.2. The standard InChI is InChI=1S/C21H24ClN7O2/c1-12-4-6-15-10-21(9-12,19-26-25-13(2)31-19)29(15)20(30)24-14-5-7-17(22)16(8-14)18-23-11-28(3)27-18/h5,7-8,11-12,15H,4,6,9-10H2,1-3H3,(H,24,30)/t12-,15+,21-/m1/s1. The molecule has 1 aliphatic carbocycles. The van der Waals surface area contributed by atoms with Crippen molar-refractivity contribution < 1.29 is 9.21 Å². The molecule has 1 saturated heterocycles. The molecule has 1 N–H and O–H groups in total. The van der Waals surface area contributed by atoms with E-state index in [4.69, 9.17) is 16.0 Å². The molecule has 3 aromatic rings. The van der Waals surface area contributed by atoms with Crippen LogP contribution in [0, 0.1) is 12.8 Å². The number of likely N-dealkylation sites (tertiary alicyclic amines) is 1. The maximum atomic E-state index is 13.4. The number of nitrogens with zero attached hydrogens (tertiary/aromatic N) is 6. The zero-order valence-electron chi connectivity index (χ0n) is 17.7. The molecule has 3 atom stereocenters. The molecule has 1 saturated carbocycles. The van der Waals surface area contributed by atoms with Crippen molar-refractivity contribution in [1.29, 1.82) is 0 Å². The minimum atomic E-state index is -0.552. The van der Waals surface area contributed by atoms with Crippen molar-refractivity contribution in [3.05, 3.63) is 41.3 Å². The molecule has 5 rings (SSSR count). The maximum absolute atomic E-state index is 13.4. The molecule has 2 aromatic heterocycles. The molecule has 2 aliphatic rings. The van der Waals surface area contributed by atoms with Gasteiger partial charge in [-0.1, -0.05) is 18.5 Å². The molecule has 10 heteroatoms. The lowest BCUT2D eigenvalue weighted by molar-refractivity contribution is -0.0517.